The standard InChI is InChI=1S/C26H39NO5Si/c1-16(2)23-19(7)24(32-33(31-23,17(3)4)18(5)6)20(8)25(28)27-22(15-30-26(27)29)14-21-12-10-9-11-13-21/h9-13,17-20,22-24H,1,14-15H2,2-8H3/t19-,20+,22+,23+,24+/m0/s1. The van der Waals surface area contributed by atoms with E-state index in [1.807, 2.05) is 44.2 Å². The van der Waals surface area contributed by atoms with Gasteiger partial charge in [-0.25, -0.2) is 9.69 Å². The third-order valence-electron chi connectivity index (χ3n) is 7.12. The van der Waals surface area contributed by atoms with Gasteiger partial charge in [-0.2, -0.15) is 0 Å². The first-order valence-corrected chi connectivity index (χ1v) is 14.0. The molecule has 2 saturated heterocycles. The lowest BCUT2D eigenvalue weighted by atomic mass is 9.86. The summed E-state index contributed by atoms with van der Waals surface area (Å²) in [6.45, 7) is 18.8. The molecule has 0 unspecified atom stereocenters. The minimum absolute atomic E-state index is 0.0641. The van der Waals surface area contributed by atoms with Crippen LogP contribution >= 0.6 is 0 Å². The lowest BCUT2D eigenvalue weighted by molar-refractivity contribution is -0.141. The van der Waals surface area contributed by atoms with E-state index in [9.17, 15) is 9.59 Å². The Labute approximate surface area is 199 Å². The first-order valence-electron chi connectivity index (χ1n) is 12.0. The summed E-state index contributed by atoms with van der Waals surface area (Å²) in [4.78, 5) is 27.7. The Morgan fingerprint density at radius 1 is 1.12 bits per heavy atom. The van der Waals surface area contributed by atoms with E-state index in [4.69, 9.17) is 13.6 Å². The van der Waals surface area contributed by atoms with Gasteiger partial charge in [-0.05, 0) is 30.0 Å². The minimum atomic E-state index is -2.66. The molecule has 2 amide bonds. The molecule has 0 aliphatic carbocycles. The number of benzene rings is 1. The second-order valence-electron chi connectivity index (χ2n) is 10.3. The largest absolute Gasteiger partial charge is 0.447 e. The molecule has 1 aromatic carbocycles. The van der Waals surface area contributed by atoms with Gasteiger partial charge in [0, 0.05) is 5.92 Å². The van der Waals surface area contributed by atoms with Crippen LogP contribution in [0.3, 0.4) is 0 Å². The predicted molar refractivity (Wildman–Crippen MR) is 131 cm³/mol. The van der Waals surface area contributed by atoms with E-state index in [1.54, 1.807) is 0 Å². The van der Waals surface area contributed by atoms with Gasteiger partial charge in [-0.3, -0.25) is 4.79 Å². The Kier molecular flexibility index (Phi) is 7.86. The molecular weight excluding hydrogens is 434 g/mol. The zero-order valence-electron chi connectivity index (χ0n) is 21.0. The molecule has 7 heteroatoms. The first-order chi connectivity index (χ1) is 15.5. The van der Waals surface area contributed by atoms with Gasteiger partial charge < -0.3 is 13.6 Å². The molecular formula is C26H39NO5Si. The molecule has 2 aliphatic heterocycles. The minimum Gasteiger partial charge on any atom is -0.447 e. The van der Waals surface area contributed by atoms with Crippen molar-refractivity contribution in [3.05, 3.63) is 48.0 Å². The fourth-order valence-corrected chi connectivity index (χ4v) is 9.40. The molecule has 5 atom stereocenters. The Morgan fingerprint density at radius 2 is 1.73 bits per heavy atom. The highest BCUT2D eigenvalue weighted by molar-refractivity contribution is 6.70. The van der Waals surface area contributed by atoms with Gasteiger partial charge in [-0.1, -0.05) is 84.0 Å². The van der Waals surface area contributed by atoms with E-state index in [0.717, 1.165) is 11.1 Å². The van der Waals surface area contributed by atoms with Gasteiger partial charge in [0.1, 0.15) is 6.61 Å². The Bertz CT molecular complexity index is 863. The molecule has 0 aromatic heterocycles. The number of ether oxygens (including phenoxy) is 1. The van der Waals surface area contributed by atoms with Gasteiger partial charge in [0.15, 0.2) is 0 Å². The molecule has 2 heterocycles. The number of amides is 2. The lowest BCUT2D eigenvalue weighted by Gasteiger charge is -2.52. The van der Waals surface area contributed by atoms with Crippen LogP contribution < -0.4 is 0 Å². The third-order valence-corrected chi connectivity index (χ3v) is 11.6. The summed E-state index contributed by atoms with van der Waals surface area (Å²) in [6, 6.07) is 9.55. The maximum absolute atomic E-state index is 13.7. The number of carbonyl (C=O) groups excluding carboxylic acids is 2. The average molecular weight is 474 g/mol. The van der Waals surface area contributed by atoms with Crippen molar-refractivity contribution in [2.24, 2.45) is 11.8 Å². The molecule has 2 fully saturated rings. The van der Waals surface area contributed by atoms with Crippen LogP contribution in [0.2, 0.25) is 11.1 Å². The molecule has 2 aliphatic rings. The normalized spacial score (nSPS) is 28.2. The van der Waals surface area contributed by atoms with Crippen LogP contribution in [-0.4, -0.2) is 50.3 Å². The molecule has 0 N–H and O–H groups in total. The van der Waals surface area contributed by atoms with E-state index in [1.165, 1.54) is 4.90 Å². The Balaban J connectivity index is 1.88. The first kappa shape index (κ1) is 25.7. The maximum atomic E-state index is 13.7. The van der Waals surface area contributed by atoms with Gasteiger partial charge in [0.2, 0.25) is 5.91 Å². The van der Waals surface area contributed by atoms with Gasteiger partial charge in [-0.15, -0.1) is 0 Å². The van der Waals surface area contributed by atoms with Crippen LogP contribution in [0.15, 0.2) is 42.5 Å². The van der Waals surface area contributed by atoms with Crippen LogP contribution in [0.25, 0.3) is 0 Å². The van der Waals surface area contributed by atoms with Crippen molar-refractivity contribution in [1.82, 2.24) is 4.90 Å². The maximum Gasteiger partial charge on any atom is 0.416 e. The number of rotatable bonds is 7. The van der Waals surface area contributed by atoms with Crippen molar-refractivity contribution in [3.8, 4) is 0 Å². The quantitative estimate of drug-likeness (QED) is 0.388. The molecule has 0 radical (unpaired) electrons. The molecule has 0 bridgehead atoms. The second-order valence-corrected chi connectivity index (χ2v) is 14.5. The van der Waals surface area contributed by atoms with E-state index in [0.29, 0.717) is 6.42 Å². The van der Waals surface area contributed by atoms with E-state index in [2.05, 4.69) is 41.2 Å². The number of cyclic esters (lactones) is 1. The summed E-state index contributed by atoms with van der Waals surface area (Å²) in [5, 5.41) is 0. The zero-order valence-corrected chi connectivity index (χ0v) is 22.0. The zero-order chi connectivity index (χ0) is 24.5. The number of nitrogens with zero attached hydrogens (tertiary/aromatic N) is 1. The molecule has 182 valence electrons. The van der Waals surface area contributed by atoms with Crippen molar-refractivity contribution in [2.45, 2.75) is 84.2 Å². The smallest absolute Gasteiger partial charge is 0.416 e. The van der Waals surface area contributed by atoms with Crippen molar-refractivity contribution < 1.29 is 23.2 Å². The van der Waals surface area contributed by atoms with Gasteiger partial charge >= 0.3 is 14.7 Å². The summed E-state index contributed by atoms with van der Waals surface area (Å²) in [7, 11) is -2.66. The number of carbonyl (C=O) groups is 2. The Morgan fingerprint density at radius 3 is 2.27 bits per heavy atom. The molecule has 6 nitrogen and oxygen atoms in total. The fraction of sp³-hybridized carbons (Fsp3) is 0.615. The van der Waals surface area contributed by atoms with Crippen molar-refractivity contribution in [2.75, 3.05) is 6.61 Å². The summed E-state index contributed by atoms with van der Waals surface area (Å²) < 4.78 is 18.8. The van der Waals surface area contributed by atoms with Crippen LogP contribution in [0, 0.1) is 11.8 Å². The topological polar surface area (TPSA) is 65.1 Å². The van der Waals surface area contributed by atoms with Crippen LogP contribution in [0.5, 0.6) is 0 Å². The average Bonchev–Trinajstić information content (AvgIpc) is 3.12. The molecule has 0 saturated carbocycles. The Hall–Kier alpha value is -1.96. The molecule has 3 rings (SSSR count). The fourth-order valence-electron chi connectivity index (χ4n) is 5.27. The van der Waals surface area contributed by atoms with E-state index < -0.39 is 20.6 Å². The number of imide groups is 1. The summed E-state index contributed by atoms with van der Waals surface area (Å²) in [5.74, 6) is -0.821. The highest BCUT2D eigenvalue weighted by atomic mass is 28.4. The lowest BCUT2D eigenvalue weighted by Crippen LogP contribution is -2.63. The monoisotopic (exact) mass is 473 g/mol. The summed E-state index contributed by atoms with van der Waals surface area (Å²) in [5.41, 5.74) is 2.42. The SMILES string of the molecule is C=C(C)[C@H]1O[Si](C(C)C)(C(C)C)O[C@@H]([C@@H](C)C(=O)N2C(=O)OC[C@H]2Cc2ccccc2)[C@H]1C. The highest BCUT2D eigenvalue weighted by Gasteiger charge is 2.56. The number of hydrogen-bond donors (Lipinski definition) is 0. The molecule has 0 spiro atoms. The van der Waals surface area contributed by atoms with Crippen LogP contribution in [-0.2, 0) is 24.8 Å². The van der Waals surface area contributed by atoms with Gasteiger partial charge in [0.05, 0.1) is 24.2 Å². The van der Waals surface area contributed by atoms with Crippen molar-refractivity contribution in [1.29, 1.82) is 0 Å². The van der Waals surface area contributed by atoms with E-state index in [-0.39, 0.29) is 47.8 Å². The summed E-state index contributed by atoms with van der Waals surface area (Å²) >= 11 is 0. The van der Waals surface area contributed by atoms with Gasteiger partial charge in [0.25, 0.3) is 0 Å². The second kappa shape index (κ2) is 10.1. The highest BCUT2D eigenvalue weighted by Crippen LogP contribution is 2.45. The summed E-state index contributed by atoms with van der Waals surface area (Å²) in [6.07, 6.45) is -0.545. The van der Waals surface area contributed by atoms with Crippen LogP contribution in [0.1, 0.15) is 54.0 Å². The van der Waals surface area contributed by atoms with Crippen molar-refractivity contribution in [3.63, 3.8) is 0 Å². The van der Waals surface area contributed by atoms with Crippen molar-refractivity contribution >= 4 is 20.6 Å². The number of hydrogen-bond acceptors (Lipinski definition) is 5. The molecule has 33 heavy (non-hydrogen) atoms. The molecule has 1 aromatic rings. The van der Waals surface area contributed by atoms with E-state index >= 15 is 0 Å². The predicted octanol–water partition coefficient (Wildman–Crippen LogP) is 5.47. The third kappa shape index (κ3) is 4.95. The van der Waals surface area contributed by atoms with Crippen LogP contribution in [0.4, 0.5) is 4.79 Å².